The van der Waals surface area contributed by atoms with Gasteiger partial charge in [0, 0.05) is 11.8 Å². The molecule has 2 aromatic heterocycles. The molecule has 1 aromatic carbocycles. The van der Waals surface area contributed by atoms with Crippen molar-refractivity contribution in [1.82, 2.24) is 15.0 Å². The molecule has 0 amide bonds. The number of aryl methyl sites for hydroxylation is 1. The summed E-state index contributed by atoms with van der Waals surface area (Å²) < 4.78 is 0. The third-order valence-electron chi connectivity index (χ3n) is 3.08. The third kappa shape index (κ3) is 4.71. The van der Waals surface area contributed by atoms with E-state index in [0.717, 1.165) is 22.6 Å². The van der Waals surface area contributed by atoms with Crippen molar-refractivity contribution in [2.45, 2.75) is 6.92 Å². The number of aromatic nitrogens is 3. The highest BCUT2D eigenvalue weighted by Gasteiger charge is 2.05. The third-order valence-corrected chi connectivity index (χ3v) is 3.08. The predicted molar refractivity (Wildman–Crippen MR) is 96.1 cm³/mol. The van der Waals surface area contributed by atoms with Crippen molar-refractivity contribution in [1.29, 1.82) is 0 Å². The van der Waals surface area contributed by atoms with Crippen LogP contribution in [-0.2, 0) is 0 Å². The Labute approximate surface area is 140 Å². The first-order valence-electron chi connectivity index (χ1n) is 6.93. The summed E-state index contributed by atoms with van der Waals surface area (Å²) in [5.41, 5.74) is 9.92. The van der Waals surface area contributed by atoms with E-state index in [1.807, 2.05) is 49.4 Å². The number of nitrogens with two attached hydrogens (primary N) is 3. The Balaban J connectivity index is 0.000000925. The Bertz CT molecular complexity index is 765. The molecular formula is C16H21N7O. The van der Waals surface area contributed by atoms with E-state index in [2.05, 4.69) is 32.0 Å². The molecular weight excluding hydrogens is 306 g/mol. The molecule has 0 bridgehead atoms. The van der Waals surface area contributed by atoms with Crippen molar-refractivity contribution >= 4 is 17.3 Å². The smallest absolute Gasteiger partial charge is 0.227 e. The van der Waals surface area contributed by atoms with Gasteiger partial charge in [-0.25, -0.2) is 9.97 Å². The molecule has 0 unspecified atom stereocenters. The van der Waals surface area contributed by atoms with E-state index in [-0.39, 0.29) is 5.48 Å². The molecule has 3 rings (SSSR count). The summed E-state index contributed by atoms with van der Waals surface area (Å²) >= 11 is 0. The molecule has 3 aromatic rings. The Hall–Kier alpha value is -3.07. The Morgan fingerprint density at radius 2 is 1.71 bits per heavy atom. The second kappa shape index (κ2) is 9.16. The van der Waals surface area contributed by atoms with Crippen LogP contribution in [0, 0.1) is 6.92 Å². The number of hydrogen-bond donors (Lipinski definition) is 4. The minimum atomic E-state index is 0. The lowest BCUT2D eigenvalue weighted by Gasteiger charge is -2.09. The quantitative estimate of drug-likeness (QED) is 0.414. The van der Waals surface area contributed by atoms with E-state index < -0.39 is 0 Å². The molecule has 2 heterocycles. The second-order valence-electron chi connectivity index (χ2n) is 4.66. The van der Waals surface area contributed by atoms with Crippen LogP contribution in [0.15, 0.2) is 54.9 Å². The molecule has 0 saturated carbocycles. The zero-order valence-corrected chi connectivity index (χ0v) is 13.3. The molecule has 0 aliphatic carbocycles. The van der Waals surface area contributed by atoms with Crippen molar-refractivity contribution in [2.24, 2.45) is 11.7 Å². The molecule has 0 fully saturated rings. The Morgan fingerprint density at radius 1 is 1.00 bits per heavy atom. The number of hydrogen-bond acceptors (Lipinski definition) is 7. The standard InChI is InChI=1S/C16H15N5.H4N2.H2O/c1-11-15(9-13(17)10-19-11)21-16-18-8-7-14(20-16)12-5-3-2-4-6-12;1-2;/h2-10H,17H2,1H3,(H,18,20,21);1-2H2;1H2. The van der Waals surface area contributed by atoms with Crippen LogP contribution in [-0.4, -0.2) is 20.4 Å². The Morgan fingerprint density at radius 3 is 2.42 bits per heavy atom. The zero-order valence-electron chi connectivity index (χ0n) is 13.3. The summed E-state index contributed by atoms with van der Waals surface area (Å²) in [6.07, 6.45) is 3.36. The van der Waals surface area contributed by atoms with E-state index >= 15 is 0 Å². The highest BCUT2D eigenvalue weighted by molar-refractivity contribution is 5.64. The monoisotopic (exact) mass is 327 g/mol. The van der Waals surface area contributed by atoms with Gasteiger partial charge in [-0.3, -0.25) is 16.7 Å². The van der Waals surface area contributed by atoms with Crippen molar-refractivity contribution in [3.8, 4) is 11.3 Å². The van der Waals surface area contributed by atoms with Gasteiger partial charge in [0.15, 0.2) is 0 Å². The van der Waals surface area contributed by atoms with Crippen LogP contribution >= 0.6 is 0 Å². The molecule has 0 radical (unpaired) electrons. The molecule has 126 valence electrons. The van der Waals surface area contributed by atoms with Gasteiger partial charge in [-0.2, -0.15) is 0 Å². The van der Waals surface area contributed by atoms with Gasteiger partial charge in [0.05, 0.1) is 29.0 Å². The highest BCUT2D eigenvalue weighted by Crippen LogP contribution is 2.21. The molecule has 0 aliphatic rings. The summed E-state index contributed by atoms with van der Waals surface area (Å²) in [4.78, 5) is 13.0. The lowest BCUT2D eigenvalue weighted by Crippen LogP contribution is -2.02. The van der Waals surface area contributed by atoms with Gasteiger partial charge in [0.25, 0.3) is 0 Å². The van der Waals surface area contributed by atoms with Gasteiger partial charge in [0.1, 0.15) is 0 Å². The van der Waals surface area contributed by atoms with Crippen LogP contribution in [0.1, 0.15) is 5.69 Å². The number of nitrogen functional groups attached to an aromatic ring is 1. The fourth-order valence-corrected chi connectivity index (χ4v) is 1.98. The van der Waals surface area contributed by atoms with Crippen LogP contribution in [0.4, 0.5) is 17.3 Å². The number of nitrogens with zero attached hydrogens (tertiary/aromatic N) is 3. The second-order valence-corrected chi connectivity index (χ2v) is 4.66. The number of benzene rings is 1. The van der Waals surface area contributed by atoms with Gasteiger partial charge >= 0.3 is 0 Å². The van der Waals surface area contributed by atoms with Crippen LogP contribution in [0.5, 0.6) is 0 Å². The van der Waals surface area contributed by atoms with Gasteiger partial charge in [-0.1, -0.05) is 30.3 Å². The van der Waals surface area contributed by atoms with E-state index in [1.165, 1.54) is 0 Å². The number of nitrogens with one attached hydrogen (secondary N) is 1. The van der Waals surface area contributed by atoms with E-state index in [4.69, 9.17) is 5.73 Å². The average Bonchev–Trinajstić information content (AvgIpc) is 2.61. The molecule has 0 spiro atoms. The van der Waals surface area contributed by atoms with Gasteiger partial charge in [0.2, 0.25) is 5.95 Å². The summed E-state index contributed by atoms with van der Waals surface area (Å²) in [5.74, 6) is 8.52. The van der Waals surface area contributed by atoms with Crippen LogP contribution in [0.3, 0.4) is 0 Å². The van der Waals surface area contributed by atoms with Crippen LogP contribution in [0.25, 0.3) is 11.3 Å². The first kappa shape index (κ1) is 19.0. The topological polar surface area (TPSA) is 160 Å². The van der Waals surface area contributed by atoms with E-state index in [1.54, 1.807) is 12.4 Å². The number of rotatable bonds is 3. The van der Waals surface area contributed by atoms with E-state index in [9.17, 15) is 0 Å². The van der Waals surface area contributed by atoms with E-state index in [0.29, 0.717) is 11.6 Å². The minimum absolute atomic E-state index is 0. The molecule has 0 aliphatic heterocycles. The lowest BCUT2D eigenvalue weighted by atomic mass is 10.1. The van der Waals surface area contributed by atoms with Crippen molar-refractivity contribution in [3.05, 3.63) is 60.6 Å². The first-order chi connectivity index (χ1) is 11.2. The molecule has 9 N–H and O–H groups in total. The lowest BCUT2D eigenvalue weighted by molar-refractivity contribution is 0.824. The maximum absolute atomic E-state index is 5.76. The Kier molecular flexibility index (Phi) is 7.24. The fraction of sp³-hybridized carbons (Fsp3) is 0.0625. The van der Waals surface area contributed by atoms with Gasteiger partial charge < -0.3 is 16.5 Å². The maximum atomic E-state index is 5.76. The summed E-state index contributed by atoms with van der Waals surface area (Å²) in [6.45, 7) is 1.91. The summed E-state index contributed by atoms with van der Waals surface area (Å²) in [7, 11) is 0. The summed E-state index contributed by atoms with van der Waals surface area (Å²) in [6, 6.07) is 13.7. The number of hydrazine groups is 1. The molecule has 8 nitrogen and oxygen atoms in total. The highest BCUT2D eigenvalue weighted by atomic mass is 16.0. The number of pyridine rings is 1. The first-order valence-corrected chi connectivity index (χ1v) is 6.93. The molecule has 0 saturated heterocycles. The zero-order chi connectivity index (χ0) is 16.7. The van der Waals surface area contributed by atoms with Crippen molar-refractivity contribution in [2.75, 3.05) is 11.1 Å². The van der Waals surface area contributed by atoms with Crippen LogP contribution < -0.4 is 22.7 Å². The van der Waals surface area contributed by atoms with Gasteiger partial charge in [-0.15, -0.1) is 0 Å². The molecule has 8 heteroatoms. The summed E-state index contributed by atoms with van der Waals surface area (Å²) in [5, 5.41) is 3.16. The molecule has 24 heavy (non-hydrogen) atoms. The minimum Gasteiger partial charge on any atom is -0.412 e. The fourth-order valence-electron chi connectivity index (χ4n) is 1.98. The van der Waals surface area contributed by atoms with Crippen molar-refractivity contribution in [3.63, 3.8) is 0 Å². The molecule has 0 atom stereocenters. The SMILES string of the molecule is Cc1ncc(N)cc1Nc1nccc(-c2ccccc2)n1.NN.O. The number of anilines is 3. The van der Waals surface area contributed by atoms with Gasteiger partial charge in [-0.05, 0) is 19.1 Å². The average molecular weight is 327 g/mol. The predicted octanol–water partition coefficient (Wildman–Crippen LogP) is 1.17. The van der Waals surface area contributed by atoms with Crippen LogP contribution in [0.2, 0.25) is 0 Å². The maximum Gasteiger partial charge on any atom is 0.227 e. The van der Waals surface area contributed by atoms with Crippen molar-refractivity contribution < 1.29 is 5.48 Å². The normalized spacial score (nSPS) is 9.29. The largest absolute Gasteiger partial charge is 0.412 e.